The lowest BCUT2D eigenvalue weighted by atomic mass is 9.99. The van der Waals surface area contributed by atoms with Gasteiger partial charge in [-0.05, 0) is 59.0 Å². The van der Waals surface area contributed by atoms with Crippen LogP contribution in [-0.2, 0) is 0 Å². The van der Waals surface area contributed by atoms with Gasteiger partial charge in [0.1, 0.15) is 0 Å². The summed E-state index contributed by atoms with van der Waals surface area (Å²) >= 11 is 14.6. The molecule has 94 valence electrons. The first kappa shape index (κ1) is 14.1. The van der Waals surface area contributed by atoms with Crippen molar-refractivity contribution in [3.05, 3.63) is 67.2 Å². The Morgan fingerprint density at radius 1 is 1.06 bits per heavy atom. The van der Waals surface area contributed by atoms with Gasteiger partial charge in [-0.15, -0.1) is 0 Å². The van der Waals surface area contributed by atoms with Gasteiger partial charge < -0.3 is 5.32 Å². The van der Waals surface area contributed by atoms with Crippen molar-refractivity contribution in [2.45, 2.75) is 6.04 Å². The molecule has 0 aliphatic rings. The Labute approximate surface area is 131 Å². The van der Waals surface area contributed by atoms with Crippen LogP contribution >= 0.6 is 45.8 Å². The van der Waals surface area contributed by atoms with Gasteiger partial charge in [0, 0.05) is 8.59 Å². The molecule has 0 amide bonds. The molecule has 2 rings (SSSR count). The average Bonchev–Trinajstić information content (AvgIpc) is 2.37. The summed E-state index contributed by atoms with van der Waals surface area (Å²) in [6, 6.07) is 13.9. The highest BCUT2D eigenvalue weighted by molar-refractivity contribution is 14.1. The second kappa shape index (κ2) is 6.24. The van der Waals surface area contributed by atoms with Crippen LogP contribution in [0.3, 0.4) is 0 Å². The summed E-state index contributed by atoms with van der Waals surface area (Å²) < 4.78 is 1.05. The van der Waals surface area contributed by atoms with E-state index >= 15 is 0 Å². The van der Waals surface area contributed by atoms with Crippen molar-refractivity contribution in [1.82, 2.24) is 5.32 Å². The normalized spacial score (nSPS) is 12.4. The van der Waals surface area contributed by atoms with Crippen molar-refractivity contribution in [1.29, 1.82) is 0 Å². The van der Waals surface area contributed by atoms with Crippen LogP contribution in [0.2, 0.25) is 10.0 Å². The molecule has 0 fully saturated rings. The summed E-state index contributed by atoms with van der Waals surface area (Å²) in [4.78, 5) is 0. The largest absolute Gasteiger partial charge is 0.309 e. The van der Waals surface area contributed by atoms with E-state index in [1.165, 1.54) is 0 Å². The standard InChI is InChI=1S/C14H12Cl2IN/c1-18-14(10-4-2-3-5-11(10)15)9-6-7-13(17)12(16)8-9/h2-8,14,18H,1H3. The van der Waals surface area contributed by atoms with Crippen molar-refractivity contribution in [3.8, 4) is 0 Å². The molecule has 0 spiro atoms. The second-order valence-corrected chi connectivity index (χ2v) is 5.89. The molecule has 4 heteroatoms. The highest BCUT2D eigenvalue weighted by atomic mass is 127. The van der Waals surface area contributed by atoms with Gasteiger partial charge in [0.2, 0.25) is 0 Å². The van der Waals surface area contributed by atoms with Crippen molar-refractivity contribution >= 4 is 45.8 Å². The Hall–Kier alpha value is -0.290. The zero-order chi connectivity index (χ0) is 13.1. The quantitative estimate of drug-likeness (QED) is 0.733. The number of benzene rings is 2. The molecule has 0 aliphatic heterocycles. The van der Waals surface area contributed by atoms with Crippen molar-refractivity contribution in [2.24, 2.45) is 0 Å². The molecule has 1 unspecified atom stereocenters. The summed E-state index contributed by atoms with van der Waals surface area (Å²) in [7, 11) is 1.92. The maximum Gasteiger partial charge on any atom is 0.0589 e. The van der Waals surface area contributed by atoms with Crippen molar-refractivity contribution in [3.63, 3.8) is 0 Å². The Balaban J connectivity index is 2.45. The summed E-state index contributed by atoms with van der Waals surface area (Å²) in [6.45, 7) is 0. The van der Waals surface area contributed by atoms with Crippen LogP contribution in [0.25, 0.3) is 0 Å². The fourth-order valence-corrected chi connectivity index (χ4v) is 2.67. The molecule has 1 nitrogen and oxygen atoms in total. The van der Waals surface area contributed by atoms with Crippen LogP contribution < -0.4 is 5.32 Å². The van der Waals surface area contributed by atoms with E-state index in [1.54, 1.807) is 0 Å². The van der Waals surface area contributed by atoms with Gasteiger partial charge in [-0.3, -0.25) is 0 Å². The van der Waals surface area contributed by atoms with E-state index in [0.29, 0.717) is 0 Å². The fourth-order valence-electron chi connectivity index (χ4n) is 1.90. The van der Waals surface area contributed by atoms with Gasteiger partial charge >= 0.3 is 0 Å². The van der Waals surface area contributed by atoms with Gasteiger partial charge in [-0.25, -0.2) is 0 Å². The summed E-state index contributed by atoms with van der Waals surface area (Å²) in [5, 5.41) is 4.80. The maximum absolute atomic E-state index is 6.24. The topological polar surface area (TPSA) is 12.0 Å². The van der Waals surface area contributed by atoms with Gasteiger partial charge in [0.25, 0.3) is 0 Å². The lowest BCUT2D eigenvalue weighted by Gasteiger charge is -2.19. The van der Waals surface area contributed by atoms with Crippen LogP contribution in [0.4, 0.5) is 0 Å². The van der Waals surface area contributed by atoms with E-state index in [2.05, 4.69) is 34.0 Å². The number of hydrogen-bond acceptors (Lipinski definition) is 1. The SMILES string of the molecule is CNC(c1ccc(I)c(Cl)c1)c1ccccc1Cl. The van der Waals surface area contributed by atoms with Crippen LogP contribution in [0.5, 0.6) is 0 Å². The minimum Gasteiger partial charge on any atom is -0.309 e. The predicted octanol–water partition coefficient (Wildman–Crippen LogP) is 4.91. The average molecular weight is 392 g/mol. The molecule has 0 saturated heterocycles. The molecule has 0 aromatic heterocycles. The smallest absolute Gasteiger partial charge is 0.0589 e. The Kier molecular flexibility index (Phi) is 4.90. The summed E-state index contributed by atoms with van der Waals surface area (Å²) in [6.07, 6.45) is 0. The van der Waals surface area contributed by atoms with Crippen LogP contribution in [-0.4, -0.2) is 7.05 Å². The fraction of sp³-hybridized carbons (Fsp3) is 0.143. The Morgan fingerprint density at radius 3 is 2.39 bits per heavy atom. The van der Waals surface area contributed by atoms with Crippen molar-refractivity contribution in [2.75, 3.05) is 7.05 Å². The lowest BCUT2D eigenvalue weighted by Crippen LogP contribution is -2.18. The minimum atomic E-state index is 0.0493. The van der Waals surface area contributed by atoms with Gasteiger partial charge in [-0.1, -0.05) is 47.5 Å². The zero-order valence-corrected chi connectivity index (χ0v) is 13.4. The molecule has 1 atom stereocenters. The van der Waals surface area contributed by atoms with Gasteiger partial charge in [0.05, 0.1) is 11.1 Å². The van der Waals surface area contributed by atoms with E-state index in [-0.39, 0.29) is 6.04 Å². The molecule has 2 aromatic carbocycles. The molecule has 0 bridgehead atoms. The van der Waals surface area contributed by atoms with Gasteiger partial charge in [0.15, 0.2) is 0 Å². The molecule has 2 aromatic rings. The molecule has 1 N–H and O–H groups in total. The predicted molar refractivity (Wildman–Crippen MR) is 86.5 cm³/mol. The van der Waals surface area contributed by atoms with E-state index < -0.39 is 0 Å². The first-order valence-corrected chi connectivity index (χ1v) is 7.33. The Bertz CT molecular complexity index is 557. The van der Waals surface area contributed by atoms with Crippen LogP contribution in [0, 0.1) is 3.57 Å². The number of rotatable bonds is 3. The first-order chi connectivity index (χ1) is 8.63. The number of halogens is 3. The maximum atomic E-state index is 6.24. The summed E-state index contributed by atoms with van der Waals surface area (Å²) in [5.74, 6) is 0. The van der Waals surface area contributed by atoms with Crippen molar-refractivity contribution < 1.29 is 0 Å². The van der Waals surface area contributed by atoms with Gasteiger partial charge in [-0.2, -0.15) is 0 Å². The minimum absolute atomic E-state index is 0.0493. The molecule has 18 heavy (non-hydrogen) atoms. The number of hydrogen-bond donors (Lipinski definition) is 1. The van der Waals surface area contributed by atoms with Crippen LogP contribution in [0.1, 0.15) is 17.2 Å². The molecular weight excluding hydrogens is 380 g/mol. The molecular formula is C14H12Cl2IN. The van der Waals surface area contributed by atoms with E-state index in [9.17, 15) is 0 Å². The van der Waals surface area contributed by atoms with E-state index in [1.807, 2.05) is 43.4 Å². The first-order valence-electron chi connectivity index (χ1n) is 5.50. The summed E-state index contributed by atoms with van der Waals surface area (Å²) in [5.41, 5.74) is 2.16. The molecule has 0 aliphatic carbocycles. The third kappa shape index (κ3) is 2.99. The monoisotopic (exact) mass is 391 g/mol. The highest BCUT2D eigenvalue weighted by Crippen LogP contribution is 2.30. The third-order valence-corrected chi connectivity index (χ3v) is 4.70. The Morgan fingerprint density at radius 2 is 1.78 bits per heavy atom. The van der Waals surface area contributed by atoms with Crippen LogP contribution in [0.15, 0.2) is 42.5 Å². The molecule has 0 radical (unpaired) electrons. The lowest BCUT2D eigenvalue weighted by molar-refractivity contribution is 0.692. The zero-order valence-electron chi connectivity index (χ0n) is 9.75. The molecule has 0 saturated carbocycles. The second-order valence-electron chi connectivity index (χ2n) is 3.92. The number of nitrogens with one attached hydrogen (secondary N) is 1. The third-order valence-electron chi connectivity index (χ3n) is 2.78. The highest BCUT2D eigenvalue weighted by Gasteiger charge is 2.15. The molecule has 0 heterocycles. The van der Waals surface area contributed by atoms with E-state index in [4.69, 9.17) is 23.2 Å². The van der Waals surface area contributed by atoms with E-state index in [0.717, 1.165) is 24.7 Å².